The van der Waals surface area contributed by atoms with E-state index in [2.05, 4.69) is 5.32 Å². The molecule has 102 valence electrons. The third-order valence-corrected chi connectivity index (χ3v) is 3.28. The van der Waals surface area contributed by atoms with Crippen molar-refractivity contribution in [3.8, 4) is 5.75 Å². The van der Waals surface area contributed by atoms with Crippen LogP contribution >= 0.6 is 0 Å². The van der Waals surface area contributed by atoms with Gasteiger partial charge in [-0.2, -0.15) is 0 Å². The molecule has 0 bridgehead atoms. The molecule has 0 atom stereocenters. The van der Waals surface area contributed by atoms with Crippen molar-refractivity contribution in [1.82, 2.24) is 5.32 Å². The Morgan fingerprint density at radius 1 is 1.15 bits per heavy atom. The van der Waals surface area contributed by atoms with Crippen LogP contribution in [0.3, 0.4) is 0 Å². The highest BCUT2D eigenvalue weighted by atomic mass is 16.5. The second-order valence-electron chi connectivity index (χ2n) is 4.52. The van der Waals surface area contributed by atoms with Crippen LogP contribution in [-0.4, -0.2) is 13.5 Å². The van der Waals surface area contributed by atoms with E-state index in [0.717, 1.165) is 16.7 Å². The molecule has 0 saturated carbocycles. The maximum absolute atomic E-state index is 8.23. The number of ether oxygens (including phenoxy) is 1. The average molecular weight is 269 g/mol. The molecule has 0 aliphatic carbocycles. The van der Waals surface area contributed by atoms with Crippen molar-refractivity contribution in [3.63, 3.8) is 0 Å². The molecule has 0 radical (unpaired) electrons. The molecule has 0 saturated heterocycles. The van der Waals surface area contributed by atoms with Crippen molar-refractivity contribution in [2.24, 2.45) is 0 Å². The second kappa shape index (κ2) is 5.93. The van der Waals surface area contributed by atoms with Gasteiger partial charge in [-0.3, -0.25) is 0 Å². The summed E-state index contributed by atoms with van der Waals surface area (Å²) >= 11 is 0. The van der Waals surface area contributed by atoms with Crippen LogP contribution in [-0.2, 0) is 6.61 Å². The van der Waals surface area contributed by atoms with Crippen molar-refractivity contribution >= 4 is 5.57 Å². The van der Waals surface area contributed by atoms with Gasteiger partial charge >= 0.3 is 0 Å². The number of benzene rings is 2. The molecule has 1 heterocycles. The largest absolute Gasteiger partial charge is 0.488 e. The van der Waals surface area contributed by atoms with Gasteiger partial charge in [0.15, 0.2) is 0 Å². The highest BCUT2D eigenvalue weighted by Crippen LogP contribution is 2.36. The van der Waals surface area contributed by atoms with E-state index in [9.17, 15) is 0 Å². The summed E-state index contributed by atoms with van der Waals surface area (Å²) in [5.74, 6) is 0.667. The lowest BCUT2D eigenvalue weighted by atomic mass is 9.93. The van der Waals surface area contributed by atoms with E-state index in [-0.39, 0.29) is 0 Å². The Kier molecular flexibility index (Phi) is 2.66. The van der Waals surface area contributed by atoms with E-state index in [1.54, 1.807) is 0 Å². The van der Waals surface area contributed by atoms with Gasteiger partial charge < -0.3 is 10.1 Å². The number of nitrogens with one attached hydrogen (secondary N) is 1. The molecule has 0 fully saturated rings. The fraction of sp³-hybridized carbons (Fsp3) is 0.222. The first-order chi connectivity index (χ1) is 11.4. The smallest absolute Gasteiger partial charge is 0.127 e. The normalized spacial score (nSPS) is 19.6. The molecule has 2 aromatic carbocycles. The highest BCUT2D eigenvalue weighted by molar-refractivity contribution is 5.84. The molecule has 2 heteroatoms. The minimum absolute atomic E-state index is 0.395. The van der Waals surface area contributed by atoms with Crippen LogP contribution in [0.2, 0.25) is 0 Å². The highest BCUT2D eigenvalue weighted by Gasteiger charge is 2.17. The molecule has 20 heavy (non-hydrogen) atoms. The van der Waals surface area contributed by atoms with Gasteiger partial charge in [0.25, 0.3) is 0 Å². The van der Waals surface area contributed by atoms with Crippen molar-refractivity contribution in [2.45, 2.75) is 13.0 Å². The van der Waals surface area contributed by atoms with Crippen LogP contribution in [0, 0.1) is 0 Å². The number of fused-ring (bicyclic) bond motifs is 2. The Hall–Kier alpha value is -2.06. The Labute approximate surface area is 125 Å². The van der Waals surface area contributed by atoms with Crippen molar-refractivity contribution in [1.29, 1.82) is 0 Å². The summed E-state index contributed by atoms with van der Waals surface area (Å²) in [5.41, 5.74) is 3.21. The van der Waals surface area contributed by atoms with E-state index in [0.29, 0.717) is 17.9 Å². The van der Waals surface area contributed by atoms with Gasteiger partial charge in [0, 0.05) is 11.0 Å². The maximum atomic E-state index is 8.23. The van der Waals surface area contributed by atoms with Gasteiger partial charge in [-0.15, -0.1) is 0 Å². The quantitative estimate of drug-likeness (QED) is 0.919. The maximum Gasteiger partial charge on any atom is 0.127 e. The van der Waals surface area contributed by atoms with Crippen LogP contribution in [0.25, 0.3) is 5.57 Å². The topological polar surface area (TPSA) is 21.3 Å². The predicted octanol–water partition coefficient (Wildman–Crippen LogP) is 3.62. The van der Waals surface area contributed by atoms with E-state index in [4.69, 9.17) is 10.2 Å². The van der Waals surface area contributed by atoms with E-state index >= 15 is 0 Å². The van der Waals surface area contributed by atoms with Gasteiger partial charge in [0.2, 0.25) is 0 Å². The first kappa shape index (κ1) is 8.98. The van der Waals surface area contributed by atoms with Crippen molar-refractivity contribution in [3.05, 3.63) is 71.3 Å². The Bertz CT molecular complexity index is 737. The summed E-state index contributed by atoms with van der Waals surface area (Å²) in [5, 5.41) is 2.42. The van der Waals surface area contributed by atoms with Gasteiger partial charge in [0.1, 0.15) is 12.4 Å². The molecule has 1 aliphatic heterocycles. The summed E-state index contributed by atoms with van der Waals surface area (Å²) in [7, 11) is 1.41. The lowest BCUT2D eigenvalue weighted by molar-refractivity contribution is 0.307. The van der Waals surface area contributed by atoms with Crippen molar-refractivity contribution < 1.29 is 10.2 Å². The summed E-state index contributed by atoms with van der Waals surface area (Å²) < 4.78 is 38.2. The number of hydrogen-bond donors (Lipinski definition) is 1. The van der Waals surface area contributed by atoms with Gasteiger partial charge in [-0.1, -0.05) is 48.5 Å². The Balaban J connectivity index is 2.24. The summed E-state index contributed by atoms with van der Waals surface area (Å²) in [4.78, 5) is 0. The van der Waals surface area contributed by atoms with Crippen LogP contribution < -0.4 is 10.1 Å². The second-order valence-corrected chi connectivity index (χ2v) is 4.52. The average Bonchev–Trinajstić information content (AvgIpc) is 2.72. The van der Waals surface area contributed by atoms with Crippen LogP contribution in [0.1, 0.15) is 28.5 Å². The lowest BCUT2D eigenvalue weighted by Gasteiger charge is -2.10. The molecule has 3 rings (SSSR count). The first-order valence-corrected chi connectivity index (χ1v) is 6.58. The summed E-state index contributed by atoms with van der Waals surface area (Å²) in [6, 6.07) is 15.1. The van der Waals surface area contributed by atoms with Crippen LogP contribution in [0.15, 0.2) is 54.6 Å². The van der Waals surface area contributed by atoms with Gasteiger partial charge in [-0.05, 0) is 42.7 Å². The zero-order valence-electron chi connectivity index (χ0n) is 15.3. The molecule has 0 spiro atoms. The summed E-state index contributed by atoms with van der Waals surface area (Å²) in [6.07, 6.45) is -0.850. The molecule has 1 N–H and O–H groups in total. The molecular weight excluding hydrogens is 246 g/mol. The lowest BCUT2D eigenvalue weighted by Crippen LogP contribution is -2.06. The molecule has 0 amide bonds. The molecular formula is C18H19NO. The SMILES string of the molecule is [2H]C([2H])(/C=C1\c2ccccc2COc2ccccc21)C([2H])([2H])NC. The molecule has 0 aromatic heterocycles. The van der Waals surface area contributed by atoms with Crippen molar-refractivity contribution in [2.75, 3.05) is 13.5 Å². The first-order valence-electron chi connectivity index (χ1n) is 8.58. The predicted molar refractivity (Wildman–Crippen MR) is 82.8 cm³/mol. The Morgan fingerprint density at radius 2 is 1.90 bits per heavy atom. The fourth-order valence-corrected chi connectivity index (χ4v) is 2.36. The third kappa shape index (κ3) is 2.47. The number of para-hydroxylation sites is 1. The minimum Gasteiger partial charge on any atom is -0.488 e. The number of hydrogen-bond acceptors (Lipinski definition) is 2. The van der Waals surface area contributed by atoms with E-state index in [1.807, 2.05) is 48.5 Å². The van der Waals surface area contributed by atoms with E-state index < -0.39 is 12.9 Å². The zero-order valence-corrected chi connectivity index (χ0v) is 11.3. The third-order valence-electron chi connectivity index (χ3n) is 3.28. The van der Waals surface area contributed by atoms with Crippen LogP contribution in [0.5, 0.6) is 5.75 Å². The van der Waals surface area contributed by atoms with Crippen LogP contribution in [0.4, 0.5) is 0 Å². The molecule has 2 aromatic rings. The Morgan fingerprint density at radius 3 is 2.75 bits per heavy atom. The van der Waals surface area contributed by atoms with E-state index in [1.165, 1.54) is 13.1 Å². The fourth-order valence-electron chi connectivity index (χ4n) is 2.36. The monoisotopic (exact) mass is 269 g/mol. The summed E-state index contributed by atoms with van der Waals surface area (Å²) in [6.45, 7) is -1.80. The van der Waals surface area contributed by atoms with Gasteiger partial charge in [-0.25, -0.2) is 0 Å². The molecule has 0 unspecified atom stereocenters. The minimum atomic E-state index is -2.21. The number of rotatable bonds is 3. The standard InChI is InChI=1S/C18H19NO/c1-19-12-6-10-16-15-8-3-2-7-14(15)13-20-18-11-5-4-9-17(16)18/h2-5,7-11,19H,6,12-13H2,1H3/b16-10+/i6D2,12D2. The zero-order chi connectivity index (χ0) is 17.4. The molecule has 2 nitrogen and oxygen atoms in total. The van der Waals surface area contributed by atoms with Gasteiger partial charge in [0.05, 0.1) is 0 Å². The molecule has 1 aliphatic rings.